The van der Waals surface area contributed by atoms with Crippen LogP contribution in [-0.2, 0) is 6.54 Å². The summed E-state index contributed by atoms with van der Waals surface area (Å²) in [6, 6.07) is 8.90. The van der Waals surface area contributed by atoms with E-state index < -0.39 is 0 Å². The van der Waals surface area contributed by atoms with Crippen molar-refractivity contribution in [2.75, 3.05) is 13.6 Å². The van der Waals surface area contributed by atoms with E-state index in [0.29, 0.717) is 12.1 Å². The van der Waals surface area contributed by atoms with Crippen LogP contribution in [0.15, 0.2) is 29.4 Å². The van der Waals surface area contributed by atoms with Crippen LogP contribution in [0.2, 0.25) is 0 Å². The van der Waals surface area contributed by atoms with Crippen molar-refractivity contribution < 1.29 is 5.21 Å². The second kappa shape index (κ2) is 6.72. The van der Waals surface area contributed by atoms with Gasteiger partial charge in [0.2, 0.25) is 0 Å². The third-order valence-electron chi connectivity index (χ3n) is 4.19. The molecular formula is C15H24N4O. The predicted molar refractivity (Wildman–Crippen MR) is 80.9 cm³/mol. The van der Waals surface area contributed by atoms with Crippen molar-refractivity contribution in [2.24, 2.45) is 10.9 Å². The molecule has 1 fully saturated rings. The topological polar surface area (TPSA) is 73.9 Å². The van der Waals surface area contributed by atoms with Crippen molar-refractivity contribution >= 4 is 5.84 Å². The average Bonchev–Trinajstić information content (AvgIpc) is 2.48. The fourth-order valence-electron chi connectivity index (χ4n) is 2.71. The SMILES string of the molecule is CC1CC(NCc2ccccc2/C(N)=N/O)CCN1C. The molecule has 0 amide bonds. The van der Waals surface area contributed by atoms with Crippen molar-refractivity contribution in [1.29, 1.82) is 0 Å². The summed E-state index contributed by atoms with van der Waals surface area (Å²) in [7, 11) is 2.18. The predicted octanol–water partition coefficient (Wildman–Crippen LogP) is 1.35. The first-order valence-corrected chi connectivity index (χ1v) is 7.11. The number of hydrogen-bond donors (Lipinski definition) is 3. The van der Waals surface area contributed by atoms with Gasteiger partial charge in [-0.15, -0.1) is 0 Å². The van der Waals surface area contributed by atoms with Crippen LogP contribution in [0.4, 0.5) is 0 Å². The summed E-state index contributed by atoms with van der Waals surface area (Å²) in [6.45, 7) is 4.13. The standard InChI is InChI=1S/C15H24N4O/c1-11-9-13(7-8-19(11)2)17-10-12-5-3-4-6-14(12)15(16)18-20/h3-6,11,13,17,20H,7-10H2,1-2H3,(H2,16,18). The van der Waals surface area contributed by atoms with Crippen molar-refractivity contribution in [2.45, 2.75) is 38.4 Å². The summed E-state index contributed by atoms with van der Waals surface area (Å²) in [6.07, 6.45) is 2.31. The van der Waals surface area contributed by atoms with Gasteiger partial charge in [0.05, 0.1) is 0 Å². The molecule has 1 saturated heterocycles. The van der Waals surface area contributed by atoms with E-state index in [9.17, 15) is 0 Å². The first-order valence-electron chi connectivity index (χ1n) is 7.11. The lowest BCUT2D eigenvalue weighted by Gasteiger charge is -2.35. The van der Waals surface area contributed by atoms with Gasteiger partial charge in [-0.2, -0.15) is 0 Å². The number of nitrogens with two attached hydrogens (primary N) is 1. The number of piperidine rings is 1. The largest absolute Gasteiger partial charge is 0.409 e. The Kier molecular flexibility index (Phi) is 4.98. The number of oxime groups is 1. The molecule has 4 N–H and O–H groups in total. The molecule has 2 rings (SSSR count). The smallest absolute Gasteiger partial charge is 0.170 e. The first kappa shape index (κ1) is 14.8. The molecular weight excluding hydrogens is 252 g/mol. The van der Waals surface area contributed by atoms with Crippen LogP contribution in [-0.4, -0.2) is 41.6 Å². The van der Waals surface area contributed by atoms with Gasteiger partial charge in [-0.1, -0.05) is 29.4 Å². The Morgan fingerprint density at radius 1 is 1.50 bits per heavy atom. The first-order chi connectivity index (χ1) is 9.61. The highest BCUT2D eigenvalue weighted by molar-refractivity contribution is 5.98. The second-order valence-corrected chi connectivity index (χ2v) is 5.57. The van der Waals surface area contributed by atoms with Crippen LogP contribution in [0.25, 0.3) is 0 Å². The van der Waals surface area contributed by atoms with Gasteiger partial charge in [-0.3, -0.25) is 0 Å². The molecule has 20 heavy (non-hydrogen) atoms. The van der Waals surface area contributed by atoms with Crippen LogP contribution in [0.3, 0.4) is 0 Å². The van der Waals surface area contributed by atoms with Crippen LogP contribution < -0.4 is 11.1 Å². The summed E-state index contributed by atoms with van der Waals surface area (Å²) in [5, 5.41) is 15.5. The lowest BCUT2D eigenvalue weighted by atomic mass is 9.98. The Morgan fingerprint density at radius 2 is 2.25 bits per heavy atom. The molecule has 0 aliphatic carbocycles. The van der Waals surface area contributed by atoms with E-state index in [2.05, 4.69) is 29.3 Å². The van der Waals surface area contributed by atoms with E-state index in [1.165, 1.54) is 0 Å². The molecule has 0 spiro atoms. The minimum absolute atomic E-state index is 0.166. The van der Waals surface area contributed by atoms with Gasteiger partial charge >= 0.3 is 0 Å². The van der Waals surface area contributed by atoms with Gasteiger partial charge in [-0.05, 0) is 38.9 Å². The molecule has 1 aliphatic rings. The minimum Gasteiger partial charge on any atom is -0.409 e. The van der Waals surface area contributed by atoms with Gasteiger partial charge < -0.3 is 21.2 Å². The zero-order chi connectivity index (χ0) is 14.5. The van der Waals surface area contributed by atoms with E-state index in [0.717, 1.165) is 37.1 Å². The Morgan fingerprint density at radius 3 is 2.95 bits per heavy atom. The molecule has 5 nitrogen and oxygen atoms in total. The van der Waals surface area contributed by atoms with Crippen molar-refractivity contribution in [3.63, 3.8) is 0 Å². The molecule has 0 saturated carbocycles. The Hall–Kier alpha value is -1.59. The molecule has 2 atom stereocenters. The van der Waals surface area contributed by atoms with Crippen molar-refractivity contribution in [3.8, 4) is 0 Å². The van der Waals surface area contributed by atoms with E-state index in [-0.39, 0.29) is 5.84 Å². The third kappa shape index (κ3) is 3.49. The zero-order valence-corrected chi connectivity index (χ0v) is 12.2. The van der Waals surface area contributed by atoms with Gasteiger partial charge in [0.1, 0.15) is 0 Å². The normalized spacial score (nSPS) is 24.8. The maximum Gasteiger partial charge on any atom is 0.170 e. The molecule has 1 aromatic rings. The number of nitrogens with one attached hydrogen (secondary N) is 1. The molecule has 0 radical (unpaired) electrons. The van der Waals surface area contributed by atoms with Crippen molar-refractivity contribution in [1.82, 2.24) is 10.2 Å². The second-order valence-electron chi connectivity index (χ2n) is 5.57. The van der Waals surface area contributed by atoms with Crippen molar-refractivity contribution in [3.05, 3.63) is 35.4 Å². The maximum absolute atomic E-state index is 8.83. The lowest BCUT2D eigenvalue weighted by Crippen LogP contribution is -2.45. The highest BCUT2D eigenvalue weighted by atomic mass is 16.4. The number of benzene rings is 1. The summed E-state index contributed by atoms with van der Waals surface area (Å²) in [5.74, 6) is 0.166. The van der Waals surface area contributed by atoms with E-state index in [1.807, 2.05) is 24.3 Å². The fourth-order valence-corrected chi connectivity index (χ4v) is 2.71. The Labute approximate surface area is 120 Å². The summed E-state index contributed by atoms with van der Waals surface area (Å²) < 4.78 is 0. The highest BCUT2D eigenvalue weighted by Crippen LogP contribution is 2.16. The van der Waals surface area contributed by atoms with E-state index >= 15 is 0 Å². The number of amidine groups is 1. The Balaban J connectivity index is 1.98. The molecule has 0 bridgehead atoms. The number of rotatable bonds is 4. The molecule has 110 valence electrons. The molecule has 1 aromatic carbocycles. The monoisotopic (exact) mass is 276 g/mol. The highest BCUT2D eigenvalue weighted by Gasteiger charge is 2.22. The van der Waals surface area contributed by atoms with Gasteiger partial charge in [-0.25, -0.2) is 0 Å². The molecule has 0 aromatic heterocycles. The summed E-state index contributed by atoms with van der Waals surface area (Å²) in [4.78, 5) is 2.39. The quantitative estimate of drug-likeness (QED) is 0.336. The summed E-state index contributed by atoms with van der Waals surface area (Å²) >= 11 is 0. The van der Waals surface area contributed by atoms with Crippen LogP contribution in [0.5, 0.6) is 0 Å². The summed E-state index contributed by atoms with van der Waals surface area (Å²) in [5.41, 5.74) is 7.57. The fraction of sp³-hybridized carbons (Fsp3) is 0.533. The van der Waals surface area contributed by atoms with E-state index in [4.69, 9.17) is 10.9 Å². The van der Waals surface area contributed by atoms with Crippen LogP contribution in [0, 0.1) is 0 Å². The molecule has 1 aliphatic heterocycles. The van der Waals surface area contributed by atoms with Crippen LogP contribution in [0.1, 0.15) is 30.9 Å². The van der Waals surface area contributed by atoms with Crippen LogP contribution >= 0.6 is 0 Å². The third-order valence-corrected chi connectivity index (χ3v) is 4.19. The Bertz CT molecular complexity index is 475. The maximum atomic E-state index is 8.83. The number of hydrogen-bond acceptors (Lipinski definition) is 4. The molecule has 1 heterocycles. The number of likely N-dealkylation sites (tertiary alicyclic amines) is 1. The molecule has 5 heteroatoms. The van der Waals surface area contributed by atoms with Gasteiger partial charge in [0.25, 0.3) is 0 Å². The molecule has 2 unspecified atom stereocenters. The van der Waals surface area contributed by atoms with Gasteiger partial charge in [0, 0.05) is 24.2 Å². The lowest BCUT2D eigenvalue weighted by molar-refractivity contribution is 0.168. The van der Waals surface area contributed by atoms with E-state index in [1.54, 1.807) is 0 Å². The number of nitrogens with zero attached hydrogens (tertiary/aromatic N) is 2. The average molecular weight is 276 g/mol. The minimum atomic E-state index is 0.166. The zero-order valence-electron chi connectivity index (χ0n) is 12.2. The van der Waals surface area contributed by atoms with Gasteiger partial charge in [0.15, 0.2) is 5.84 Å².